The van der Waals surface area contributed by atoms with Crippen molar-refractivity contribution in [3.8, 4) is 0 Å². The summed E-state index contributed by atoms with van der Waals surface area (Å²) in [7, 11) is 0. The maximum absolute atomic E-state index is 5.97. The van der Waals surface area contributed by atoms with Crippen molar-refractivity contribution in [2.75, 3.05) is 5.88 Å². The topological polar surface area (TPSA) is 0 Å². The maximum Gasteiger partial charge on any atom is 0.0336 e. The molecule has 0 aliphatic rings. The number of halogens is 2. The van der Waals surface area contributed by atoms with E-state index in [1.54, 1.807) is 0 Å². The van der Waals surface area contributed by atoms with Gasteiger partial charge in [0.2, 0.25) is 0 Å². The Balaban J connectivity index is 2.97. The van der Waals surface area contributed by atoms with Crippen molar-refractivity contribution in [2.45, 2.75) is 44.4 Å². The lowest BCUT2D eigenvalue weighted by Gasteiger charge is -2.05. The van der Waals surface area contributed by atoms with Gasteiger partial charge in [0.1, 0.15) is 0 Å². The van der Waals surface area contributed by atoms with Gasteiger partial charge < -0.3 is 0 Å². The van der Waals surface area contributed by atoms with Gasteiger partial charge in [-0.3, -0.25) is 0 Å². The molecule has 0 aromatic heterocycles. The van der Waals surface area contributed by atoms with E-state index in [1.807, 2.05) is 0 Å². The van der Waals surface area contributed by atoms with Crippen LogP contribution >= 0.6 is 23.2 Å². The number of hydrogen-bond acceptors (Lipinski definition) is 0. The highest BCUT2D eigenvalue weighted by Crippen LogP contribution is 2.13. The Hall–Kier alpha value is 0.580. The third-order valence-corrected chi connectivity index (χ3v) is 2.21. The summed E-state index contributed by atoms with van der Waals surface area (Å²) < 4.78 is 0. The number of alkyl halides is 2. The molecule has 0 nitrogen and oxygen atoms in total. The second-order valence-electron chi connectivity index (χ2n) is 2.57. The minimum atomic E-state index is 0.383. The van der Waals surface area contributed by atoms with Gasteiger partial charge in [0, 0.05) is 11.3 Å². The van der Waals surface area contributed by atoms with E-state index in [0.717, 1.165) is 25.1 Å². The second kappa shape index (κ2) is 7.68. The first-order valence-corrected chi connectivity index (χ1v) is 4.98. The SMILES string of the molecule is CCCC(Cl)CCCCCl. The van der Waals surface area contributed by atoms with E-state index in [2.05, 4.69) is 6.92 Å². The molecule has 0 rings (SSSR count). The van der Waals surface area contributed by atoms with Crippen molar-refractivity contribution in [3.05, 3.63) is 0 Å². The maximum atomic E-state index is 5.97. The third-order valence-electron chi connectivity index (χ3n) is 1.50. The van der Waals surface area contributed by atoms with Crippen LogP contribution in [-0.2, 0) is 0 Å². The zero-order valence-corrected chi connectivity index (χ0v) is 8.09. The van der Waals surface area contributed by atoms with Gasteiger partial charge in [0.25, 0.3) is 0 Å². The predicted octanol–water partition coefficient (Wildman–Crippen LogP) is 3.80. The Kier molecular flexibility index (Phi) is 8.13. The van der Waals surface area contributed by atoms with Gasteiger partial charge in [-0.2, -0.15) is 0 Å². The summed E-state index contributed by atoms with van der Waals surface area (Å²) >= 11 is 11.5. The lowest BCUT2D eigenvalue weighted by molar-refractivity contribution is 0.634. The van der Waals surface area contributed by atoms with Gasteiger partial charge in [0.15, 0.2) is 0 Å². The van der Waals surface area contributed by atoms with Crippen molar-refractivity contribution in [3.63, 3.8) is 0 Å². The molecule has 0 N–H and O–H groups in total. The van der Waals surface area contributed by atoms with Crippen LogP contribution in [0.15, 0.2) is 0 Å². The zero-order valence-electron chi connectivity index (χ0n) is 6.58. The quantitative estimate of drug-likeness (QED) is 0.434. The number of rotatable bonds is 6. The molecule has 1 unspecified atom stereocenters. The van der Waals surface area contributed by atoms with Crippen LogP contribution in [0.25, 0.3) is 0 Å². The molecule has 2 heteroatoms. The van der Waals surface area contributed by atoms with Crippen LogP contribution in [-0.4, -0.2) is 11.3 Å². The van der Waals surface area contributed by atoms with Gasteiger partial charge >= 0.3 is 0 Å². The lowest BCUT2D eigenvalue weighted by atomic mass is 10.1. The molecule has 0 spiro atoms. The van der Waals surface area contributed by atoms with Crippen LogP contribution in [0.1, 0.15) is 39.0 Å². The van der Waals surface area contributed by atoms with Crippen molar-refractivity contribution in [1.29, 1.82) is 0 Å². The average Bonchev–Trinajstić information content (AvgIpc) is 1.89. The van der Waals surface area contributed by atoms with Crippen molar-refractivity contribution < 1.29 is 0 Å². The molecule has 0 heterocycles. The Bertz CT molecular complexity index is 64.3. The first-order chi connectivity index (χ1) is 4.81. The number of unbranched alkanes of at least 4 members (excludes halogenated alkanes) is 1. The van der Waals surface area contributed by atoms with Crippen LogP contribution in [0.4, 0.5) is 0 Å². The Morgan fingerprint density at radius 2 is 1.90 bits per heavy atom. The summed E-state index contributed by atoms with van der Waals surface area (Å²) in [6, 6.07) is 0. The van der Waals surface area contributed by atoms with E-state index in [1.165, 1.54) is 12.8 Å². The molecule has 0 amide bonds. The molecule has 62 valence electrons. The summed E-state index contributed by atoms with van der Waals surface area (Å²) in [5, 5.41) is 0.383. The Morgan fingerprint density at radius 1 is 1.20 bits per heavy atom. The Labute approximate surface area is 73.9 Å². The zero-order chi connectivity index (χ0) is 7.82. The molecule has 0 saturated carbocycles. The van der Waals surface area contributed by atoms with Crippen LogP contribution < -0.4 is 0 Å². The molecule has 0 radical (unpaired) electrons. The van der Waals surface area contributed by atoms with Gasteiger partial charge in [-0.1, -0.05) is 19.8 Å². The summed E-state index contributed by atoms with van der Waals surface area (Å²) in [5.41, 5.74) is 0. The van der Waals surface area contributed by atoms with Crippen molar-refractivity contribution >= 4 is 23.2 Å². The Morgan fingerprint density at radius 3 is 2.40 bits per heavy atom. The highest BCUT2D eigenvalue weighted by molar-refractivity contribution is 6.20. The second-order valence-corrected chi connectivity index (χ2v) is 3.57. The fraction of sp³-hybridized carbons (Fsp3) is 1.00. The van der Waals surface area contributed by atoms with Crippen molar-refractivity contribution in [2.24, 2.45) is 0 Å². The van der Waals surface area contributed by atoms with Crippen LogP contribution in [0.5, 0.6) is 0 Å². The summed E-state index contributed by atoms with van der Waals surface area (Å²) in [6.07, 6.45) is 5.74. The summed E-state index contributed by atoms with van der Waals surface area (Å²) in [4.78, 5) is 0. The van der Waals surface area contributed by atoms with Gasteiger partial charge in [-0.05, 0) is 19.3 Å². The monoisotopic (exact) mass is 182 g/mol. The molecule has 0 aliphatic carbocycles. The first-order valence-electron chi connectivity index (χ1n) is 4.01. The highest BCUT2D eigenvalue weighted by atomic mass is 35.5. The van der Waals surface area contributed by atoms with E-state index in [9.17, 15) is 0 Å². The van der Waals surface area contributed by atoms with E-state index >= 15 is 0 Å². The van der Waals surface area contributed by atoms with E-state index in [4.69, 9.17) is 23.2 Å². The highest BCUT2D eigenvalue weighted by Gasteiger charge is 2.00. The van der Waals surface area contributed by atoms with Crippen LogP contribution in [0.3, 0.4) is 0 Å². The van der Waals surface area contributed by atoms with Gasteiger partial charge in [0.05, 0.1) is 0 Å². The smallest absolute Gasteiger partial charge is 0.0336 e. The molecule has 0 aromatic carbocycles. The summed E-state index contributed by atoms with van der Waals surface area (Å²) in [5.74, 6) is 0.774. The van der Waals surface area contributed by atoms with Crippen molar-refractivity contribution in [1.82, 2.24) is 0 Å². The minimum absolute atomic E-state index is 0.383. The van der Waals surface area contributed by atoms with Crippen LogP contribution in [0, 0.1) is 0 Å². The molecule has 0 fully saturated rings. The average molecular weight is 183 g/mol. The van der Waals surface area contributed by atoms with E-state index in [-0.39, 0.29) is 0 Å². The molecule has 0 aliphatic heterocycles. The largest absolute Gasteiger partial charge is 0.127 e. The lowest BCUT2D eigenvalue weighted by Crippen LogP contribution is -1.97. The van der Waals surface area contributed by atoms with Gasteiger partial charge in [-0.25, -0.2) is 0 Å². The minimum Gasteiger partial charge on any atom is -0.127 e. The third kappa shape index (κ3) is 6.70. The molecule has 1 atom stereocenters. The van der Waals surface area contributed by atoms with Crippen LogP contribution in [0.2, 0.25) is 0 Å². The number of hydrogen-bond donors (Lipinski definition) is 0. The predicted molar refractivity (Wildman–Crippen MR) is 49.1 cm³/mol. The molecule has 10 heavy (non-hydrogen) atoms. The standard InChI is InChI=1S/C8H16Cl2/c1-2-5-8(10)6-3-4-7-9/h8H,2-7H2,1H3. The molecular formula is C8H16Cl2. The van der Waals surface area contributed by atoms with E-state index < -0.39 is 0 Å². The molecule has 0 aromatic rings. The molecular weight excluding hydrogens is 167 g/mol. The first kappa shape index (κ1) is 10.6. The fourth-order valence-corrected chi connectivity index (χ4v) is 1.48. The fourth-order valence-electron chi connectivity index (χ4n) is 0.918. The summed E-state index contributed by atoms with van der Waals surface area (Å²) in [6.45, 7) is 2.16. The normalized spacial score (nSPS) is 13.5. The van der Waals surface area contributed by atoms with E-state index in [0.29, 0.717) is 5.38 Å². The molecule has 0 bridgehead atoms. The molecule has 0 saturated heterocycles. The van der Waals surface area contributed by atoms with Gasteiger partial charge in [-0.15, -0.1) is 23.2 Å².